The zero-order valence-electron chi connectivity index (χ0n) is 10.5. The lowest BCUT2D eigenvalue weighted by Gasteiger charge is -2.16. The van der Waals surface area contributed by atoms with Crippen LogP contribution >= 0.6 is 10.7 Å². The van der Waals surface area contributed by atoms with Gasteiger partial charge in [0.25, 0.3) is 0 Å². The molecule has 1 fully saturated rings. The van der Waals surface area contributed by atoms with Gasteiger partial charge in [0.1, 0.15) is 17.6 Å². The summed E-state index contributed by atoms with van der Waals surface area (Å²) in [5.41, 5.74) is 0.603. The molecule has 0 spiro atoms. The van der Waals surface area contributed by atoms with Crippen LogP contribution in [0.25, 0.3) is 0 Å². The van der Waals surface area contributed by atoms with Gasteiger partial charge < -0.3 is 9.64 Å². The van der Waals surface area contributed by atoms with Crippen LogP contribution in [-0.2, 0) is 13.8 Å². The maximum Gasteiger partial charge on any atom is 0.237 e. The van der Waals surface area contributed by atoms with Crippen LogP contribution in [0.2, 0.25) is 0 Å². The molecule has 0 aromatic heterocycles. The van der Waals surface area contributed by atoms with Gasteiger partial charge in [-0.2, -0.15) is 0 Å². The zero-order valence-corrected chi connectivity index (χ0v) is 12.0. The quantitative estimate of drug-likeness (QED) is 0.622. The van der Waals surface area contributed by atoms with Crippen molar-refractivity contribution in [3.8, 4) is 18.1 Å². The summed E-state index contributed by atoms with van der Waals surface area (Å²) in [6.45, 7) is 0.226. The predicted octanol–water partition coefficient (Wildman–Crippen LogP) is 1.37. The highest BCUT2D eigenvalue weighted by molar-refractivity contribution is 8.14. The minimum atomic E-state index is -3.73. The molecule has 0 N–H and O–H groups in total. The van der Waals surface area contributed by atoms with E-state index in [0.29, 0.717) is 11.4 Å². The number of anilines is 1. The van der Waals surface area contributed by atoms with Crippen molar-refractivity contribution < 1.29 is 17.9 Å². The molecule has 1 aliphatic heterocycles. The second-order valence-electron chi connectivity index (χ2n) is 4.29. The van der Waals surface area contributed by atoms with E-state index in [4.69, 9.17) is 21.8 Å². The number of benzene rings is 1. The number of ether oxygens (including phenoxy) is 1. The third-order valence-corrected chi connectivity index (χ3v) is 4.83. The number of carbonyl (C=O) groups is 1. The molecular weight excluding hydrogens is 302 g/mol. The maximum atomic E-state index is 11.8. The lowest BCUT2D eigenvalue weighted by molar-refractivity contribution is -0.117. The third kappa shape index (κ3) is 3.24. The van der Waals surface area contributed by atoms with Gasteiger partial charge in [-0.05, 0) is 24.3 Å². The Morgan fingerprint density at radius 1 is 1.40 bits per heavy atom. The Hall–Kier alpha value is -1.71. The molecule has 1 aromatic rings. The molecule has 1 atom stereocenters. The summed E-state index contributed by atoms with van der Waals surface area (Å²) in [5.74, 6) is 2.66. The van der Waals surface area contributed by atoms with Crippen LogP contribution in [0.15, 0.2) is 24.3 Å². The molecule has 20 heavy (non-hydrogen) atoms. The van der Waals surface area contributed by atoms with Crippen LogP contribution in [-0.4, -0.2) is 32.7 Å². The van der Waals surface area contributed by atoms with Crippen molar-refractivity contribution in [1.82, 2.24) is 0 Å². The van der Waals surface area contributed by atoms with Crippen molar-refractivity contribution in [3.05, 3.63) is 24.3 Å². The van der Waals surface area contributed by atoms with Crippen molar-refractivity contribution in [1.29, 1.82) is 0 Å². The van der Waals surface area contributed by atoms with E-state index >= 15 is 0 Å². The summed E-state index contributed by atoms with van der Waals surface area (Å²) in [7, 11) is 1.56. The second kappa shape index (κ2) is 5.73. The molecule has 7 heteroatoms. The Morgan fingerprint density at radius 3 is 2.55 bits per heavy atom. The molecule has 0 saturated carbocycles. The van der Waals surface area contributed by atoms with Crippen molar-refractivity contribution in [2.45, 2.75) is 11.7 Å². The third-order valence-electron chi connectivity index (χ3n) is 2.96. The van der Waals surface area contributed by atoms with Gasteiger partial charge in [-0.1, -0.05) is 5.92 Å². The van der Waals surface area contributed by atoms with E-state index in [2.05, 4.69) is 5.92 Å². The van der Waals surface area contributed by atoms with Crippen molar-refractivity contribution in [3.63, 3.8) is 0 Å². The Kier molecular flexibility index (Phi) is 4.21. The zero-order chi connectivity index (χ0) is 14.8. The molecule has 5 nitrogen and oxygen atoms in total. The van der Waals surface area contributed by atoms with E-state index in [9.17, 15) is 13.2 Å². The van der Waals surface area contributed by atoms with Gasteiger partial charge in [-0.3, -0.25) is 4.79 Å². The fourth-order valence-electron chi connectivity index (χ4n) is 1.96. The van der Waals surface area contributed by atoms with Gasteiger partial charge >= 0.3 is 0 Å². The average molecular weight is 314 g/mol. The Morgan fingerprint density at radius 2 is 2.05 bits per heavy atom. The van der Waals surface area contributed by atoms with E-state index in [0.717, 1.165) is 0 Å². The van der Waals surface area contributed by atoms with E-state index in [1.807, 2.05) is 0 Å². The van der Waals surface area contributed by atoms with Crippen molar-refractivity contribution >= 4 is 31.3 Å². The highest BCUT2D eigenvalue weighted by Gasteiger charge is 2.37. The minimum absolute atomic E-state index is 0.0647. The topological polar surface area (TPSA) is 63.7 Å². The maximum absolute atomic E-state index is 11.8. The standard InChI is InChI=1S/C13H12ClNO4S/c1-2-7-19-11-5-3-10(4-6-11)15-9-12(8-13(15)16)20(14,17)18/h1,3-6,12H,7-9H2. The molecule has 0 radical (unpaired) electrons. The van der Waals surface area contributed by atoms with E-state index in [1.54, 1.807) is 24.3 Å². The van der Waals surface area contributed by atoms with Gasteiger partial charge in [-0.25, -0.2) is 8.42 Å². The van der Waals surface area contributed by atoms with Crippen LogP contribution in [0.1, 0.15) is 6.42 Å². The van der Waals surface area contributed by atoms with Gasteiger partial charge in [0.2, 0.25) is 15.0 Å². The Labute approximate surface area is 121 Å². The molecule has 0 bridgehead atoms. The molecule has 1 saturated heterocycles. The first kappa shape index (κ1) is 14.7. The Bertz CT molecular complexity index is 648. The number of hydrogen-bond donors (Lipinski definition) is 0. The van der Waals surface area contributed by atoms with Gasteiger partial charge in [0, 0.05) is 29.3 Å². The molecule has 106 valence electrons. The smallest absolute Gasteiger partial charge is 0.237 e. The number of amides is 1. The number of carbonyl (C=O) groups excluding carboxylic acids is 1. The van der Waals surface area contributed by atoms with E-state index in [-0.39, 0.29) is 25.5 Å². The predicted molar refractivity (Wildman–Crippen MR) is 76.3 cm³/mol. The lowest BCUT2D eigenvalue weighted by Crippen LogP contribution is -2.26. The molecule has 1 aromatic carbocycles. The normalized spacial score (nSPS) is 18.9. The van der Waals surface area contributed by atoms with Gasteiger partial charge in [0.05, 0.1) is 0 Å². The Balaban J connectivity index is 2.13. The first-order chi connectivity index (χ1) is 9.41. The second-order valence-corrected chi connectivity index (χ2v) is 7.20. The monoisotopic (exact) mass is 313 g/mol. The molecule has 1 amide bonds. The lowest BCUT2D eigenvalue weighted by atomic mass is 10.3. The summed E-state index contributed by atoms with van der Waals surface area (Å²) in [6.07, 6.45) is 4.99. The highest BCUT2D eigenvalue weighted by atomic mass is 35.7. The summed E-state index contributed by atoms with van der Waals surface area (Å²) in [4.78, 5) is 13.2. The number of terminal acetylenes is 1. The summed E-state index contributed by atoms with van der Waals surface area (Å²) in [6, 6.07) is 6.69. The largest absolute Gasteiger partial charge is 0.481 e. The van der Waals surface area contributed by atoms with E-state index in [1.165, 1.54) is 4.90 Å². The molecular formula is C13H12ClNO4S. The molecule has 0 aliphatic carbocycles. The molecule has 2 rings (SSSR count). The van der Waals surface area contributed by atoms with Gasteiger partial charge in [-0.15, -0.1) is 6.42 Å². The summed E-state index contributed by atoms with van der Waals surface area (Å²) < 4.78 is 27.8. The van der Waals surface area contributed by atoms with Crippen LogP contribution in [0.4, 0.5) is 5.69 Å². The van der Waals surface area contributed by atoms with Crippen molar-refractivity contribution in [2.24, 2.45) is 0 Å². The average Bonchev–Trinajstić information content (AvgIpc) is 2.79. The van der Waals surface area contributed by atoms with Crippen molar-refractivity contribution in [2.75, 3.05) is 18.1 Å². The molecule has 1 unspecified atom stereocenters. The molecule has 1 heterocycles. The fraction of sp³-hybridized carbons (Fsp3) is 0.308. The van der Waals surface area contributed by atoms with Crippen LogP contribution in [0, 0.1) is 12.3 Å². The minimum Gasteiger partial charge on any atom is -0.481 e. The van der Waals surface area contributed by atoms with Gasteiger partial charge in [0.15, 0.2) is 0 Å². The van der Waals surface area contributed by atoms with Crippen LogP contribution < -0.4 is 9.64 Å². The van der Waals surface area contributed by atoms with E-state index < -0.39 is 14.3 Å². The first-order valence-electron chi connectivity index (χ1n) is 5.82. The summed E-state index contributed by atoms with van der Waals surface area (Å²) >= 11 is 0. The van der Waals surface area contributed by atoms with Crippen LogP contribution in [0.5, 0.6) is 5.75 Å². The summed E-state index contributed by atoms with van der Waals surface area (Å²) in [5, 5.41) is -0.867. The first-order valence-corrected chi connectivity index (χ1v) is 8.19. The fourth-order valence-corrected chi connectivity index (χ4v) is 2.99. The SMILES string of the molecule is C#CCOc1ccc(N2CC(S(=O)(=O)Cl)CC2=O)cc1. The highest BCUT2D eigenvalue weighted by Crippen LogP contribution is 2.27. The number of rotatable bonds is 4. The molecule has 1 aliphatic rings. The number of hydrogen-bond acceptors (Lipinski definition) is 4. The number of nitrogens with zero attached hydrogens (tertiary/aromatic N) is 1. The number of halogens is 1. The van der Waals surface area contributed by atoms with Crippen LogP contribution in [0.3, 0.4) is 0 Å².